The number of benzene rings is 6. The molecule has 0 fully saturated rings. The lowest BCUT2D eigenvalue weighted by atomic mass is 9.81. The fourth-order valence-corrected chi connectivity index (χ4v) is 8.35. The predicted octanol–water partition coefficient (Wildman–Crippen LogP) is 12.2. The van der Waals surface area contributed by atoms with E-state index in [0.717, 1.165) is 45.0 Å². The molecule has 52 heavy (non-hydrogen) atoms. The Bertz CT molecular complexity index is 2650. The van der Waals surface area contributed by atoms with Gasteiger partial charge in [-0.25, -0.2) is 4.98 Å². The van der Waals surface area contributed by atoms with Crippen molar-refractivity contribution < 1.29 is 0 Å². The van der Waals surface area contributed by atoms with E-state index in [1.807, 2.05) is 24.7 Å². The number of para-hydroxylation sites is 1. The third-order valence-corrected chi connectivity index (χ3v) is 11.0. The fourth-order valence-electron chi connectivity index (χ4n) is 8.35. The van der Waals surface area contributed by atoms with Crippen LogP contribution in [0, 0.1) is 0 Å². The smallest absolute Gasteiger partial charge is 0.159 e. The number of nitrogens with zero attached hydrogens (tertiary/aromatic N) is 3. The molecule has 0 saturated carbocycles. The van der Waals surface area contributed by atoms with Crippen LogP contribution < -0.4 is 10.2 Å². The zero-order valence-corrected chi connectivity index (χ0v) is 29.1. The van der Waals surface area contributed by atoms with Gasteiger partial charge in [0.25, 0.3) is 0 Å². The first-order chi connectivity index (χ1) is 25.5. The second-order valence-corrected chi connectivity index (χ2v) is 14.4. The highest BCUT2D eigenvalue weighted by Crippen LogP contribution is 2.51. The van der Waals surface area contributed by atoms with Gasteiger partial charge in [-0.2, -0.15) is 0 Å². The molecule has 1 aliphatic carbocycles. The first-order valence-corrected chi connectivity index (χ1v) is 17.9. The van der Waals surface area contributed by atoms with Crippen molar-refractivity contribution in [2.75, 3.05) is 10.2 Å². The molecule has 1 atom stereocenters. The highest BCUT2D eigenvalue weighted by atomic mass is 15.4. The van der Waals surface area contributed by atoms with Gasteiger partial charge >= 0.3 is 0 Å². The fraction of sp³-hybridized carbons (Fsp3) is 0.0833. The van der Waals surface area contributed by atoms with E-state index < -0.39 is 0 Å². The van der Waals surface area contributed by atoms with Crippen LogP contribution in [0.4, 0.5) is 17.2 Å². The zero-order chi connectivity index (χ0) is 34.8. The summed E-state index contributed by atoms with van der Waals surface area (Å²) in [6, 6.07) is 54.9. The predicted molar refractivity (Wildman–Crippen MR) is 215 cm³/mol. The minimum absolute atomic E-state index is 0.0880. The van der Waals surface area contributed by atoms with Crippen molar-refractivity contribution in [3.05, 3.63) is 187 Å². The lowest BCUT2D eigenvalue weighted by Gasteiger charge is -2.27. The molecule has 8 aromatic rings. The van der Waals surface area contributed by atoms with Crippen molar-refractivity contribution >= 4 is 28.0 Å². The monoisotopic (exact) mass is 668 g/mol. The van der Waals surface area contributed by atoms with Crippen LogP contribution in [0.3, 0.4) is 0 Å². The third-order valence-electron chi connectivity index (χ3n) is 11.0. The van der Waals surface area contributed by atoms with Crippen LogP contribution in [0.25, 0.3) is 55.3 Å². The maximum atomic E-state index is 5.03. The second-order valence-electron chi connectivity index (χ2n) is 14.4. The first-order valence-electron chi connectivity index (χ1n) is 17.9. The Kier molecular flexibility index (Phi) is 6.87. The van der Waals surface area contributed by atoms with E-state index in [4.69, 9.17) is 4.98 Å². The maximum absolute atomic E-state index is 5.03. The minimum Gasteiger partial charge on any atom is -0.358 e. The molecule has 0 saturated heterocycles. The molecule has 4 nitrogen and oxygen atoms in total. The first kappa shape index (κ1) is 30.3. The average Bonchev–Trinajstić information content (AvgIpc) is 3.71. The van der Waals surface area contributed by atoms with Crippen LogP contribution in [0.2, 0.25) is 0 Å². The van der Waals surface area contributed by atoms with Crippen molar-refractivity contribution in [3.8, 4) is 44.5 Å². The minimum atomic E-state index is -0.211. The number of pyridine rings is 2. The van der Waals surface area contributed by atoms with E-state index >= 15 is 0 Å². The number of aromatic nitrogens is 2. The Hall–Kier alpha value is -6.52. The van der Waals surface area contributed by atoms with Crippen LogP contribution >= 0.6 is 0 Å². The highest BCUT2D eigenvalue weighted by molar-refractivity contribution is 5.95. The van der Waals surface area contributed by atoms with E-state index in [0.29, 0.717) is 0 Å². The van der Waals surface area contributed by atoms with Crippen molar-refractivity contribution in [2.45, 2.75) is 25.4 Å². The van der Waals surface area contributed by atoms with Crippen LogP contribution in [-0.2, 0) is 5.41 Å². The summed E-state index contributed by atoms with van der Waals surface area (Å²) in [5.41, 5.74) is 15.4. The van der Waals surface area contributed by atoms with Gasteiger partial charge in [0.05, 0.1) is 5.69 Å². The van der Waals surface area contributed by atoms with Crippen molar-refractivity contribution in [1.29, 1.82) is 0 Å². The Morgan fingerprint density at radius 3 is 2.13 bits per heavy atom. The number of rotatable bonds is 5. The lowest BCUT2D eigenvalue weighted by Crippen LogP contribution is -2.24. The molecule has 2 aromatic heterocycles. The van der Waals surface area contributed by atoms with Gasteiger partial charge in [-0.1, -0.05) is 111 Å². The molecule has 6 aromatic carbocycles. The number of hydrogen-bond acceptors (Lipinski definition) is 4. The summed E-state index contributed by atoms with van der Waals surface area (Å²) in [4.78, 5) is 11.9. The Balaban J connectivity index is 1.15. The van der Waals surface area contributed by atoms with E-state index in [1.54, 1.807) is 0 Å². The molecule has 1 N–H and O–H groups in total. The Labute approximate surface area is 304 Å². The molecular formula is C48H36N4. The van der Waals surface area contributed by atoms with E-state index in [1.165, 1.54) is 44.2 Å². The molecular weight excluding hydrogens is 633 g/mol. The average molecular weight is 669 g/mol. The van der Waals surface area contributed by atoms with Crippen LogP contribution in [0.15, 0.2) is 170 Å². The quantitative estimate of drug-likeness (QED) is 0.198. The Morgan fingerprint density at radius 2 is 1.29 bits per heavy atom. The lowest BCUT2D eigenvalue weighted by molar-refractivity contribution is 0.660. The number of anilines is 3. The van der Waals surface area contributed by atoms with Gasteiger partial charge in [-0.3, -0.25) is 9.88 Å². The van der Waals surface area contributed by atoms with E-state index in [-0.39, 0.29) is 11.6 Å². The van der Waals surface area contributed by atoms with Gasteiger partial charge in [0.1, 0.15) is 6.17 Å². The van der Waals surface area contributed by atoms with Gasteiger partial charge < -0.3 is 5.32 Å². The normalized spacial score (nSPS) is 15.2. The molecule has 0 radical (unpaired) electrons. The van der Waals surface area contributed by atoms with Crippen molar-refractivity contribution in [2.24, 2.45) is 0 Å². The Morgan fingerprint density at radius 1 is 0.538 bits per heavy atom. The van der Waals surface area contributed by atoms with Gasteiger partial charge in [-0.15, -0.1) is 0 Å². The van der Waals surface area contributed by atoms with Crippen LogP contribution in [0.5, 0.6) is 0 Å². The number of hydrogen-bond donors (Lipinski definition) is 1. The molecule has 0 spiro atoms. The van der Waals surface area contributed by atoms with Gasteiger partial charge in [0.2, 0.25) is 0 Å². The molecule has 1 aliphatic heterocycles. The van der Waals surface area contributed by atoms with E-state index in [2.05, 4.69) is 175 Å². The molecule has 0 bridgehead atoms. The van der Waals surface area contributed by atoms with E-state index in [9.17, 15) is 0 Å². The van der Waals surface area contributed by atoms with Crippen LogP contribution in [0.1, 0.15) is 36.7 Å². The van der Waals surface area contributed by atoms with Crippen molar-refractivity contribution in [3.63, 3.8) is 0 Å². The molecule has 10 rings (SSSR count). The summed E-state index contributed by atoms with van der Waals surface area (Å²) >= 11 is 0. The molecule has 248 valence electrons. The largest absolute Gasteiger partial charge is 0.358 e. The van der Waals surface area contributed by atoms with Crippen LogP contribution in [-0.4, -0.2) is 9.97 Å². The van der Waals surface area contributed by atoms with Gasteiger partial charge in [-0.05, 0) is 115 Å². The number of fused-ring (bicyclic) bond motifs is 5. The third kappa shape index (κ3) is 4.83. The summed E-state index contributed by atoms with van der Waals surface area (Å²) < 4.78 is 0. The topological polar surface area (TPSA) is 41.1 Å². The summed E-state index contributed by atoms with van der Waals surface area (Å²) in [7, 11) is 0. The summed E-state index contributed by atoms with van der Waals surface area (Å²) in [6.07, 6.45) is 5.51. The summed E-state index contributed by atoms with van der Waals surface area (Å²) in [5, 5.41) is 6.43. The summed E-state index contributed by atoms with van der Waals surface area (Å²) in [5.74, 6) is 0.909. The van der Waals surface area contributed by atoms with Crippen molar-refractivity contribution in [1.82, 2.24) is 9.97 Å². The standard InChI is InChI=1S/C48H36N4/c1-48(2)43-17-9-8-16-41(43)42-21-20-33(29-44(42)48)36-26-37(35-13-10-23-49-30-35)28-38(27-36)46-51-45-40(34-19-18-31-11-6-7-12-32(31)25-34)22-24-50-47(45)52(46)39-14-4-3-5-15-39/h3-30,46,51H,1-2H3. The molecule has 0 amide bonds. The van der Waals surface area contributed by atoms with Gasteiger partial charge in [0.15, 0.2) is 5.82 Å². The zero-order valence-electron chi connectivity index (χ0n) is 29.1. The molecule has 4 heteroatoms. The highest BCUT2D eigenvalue weighted by Gasteiger charge is 2.37. The molecule has 1 unspecified atom stereocenters. The number of nitrogens with one attached hydrogen (secondary N) is 1. The van der Waals surface area contributed by atoms with Gasteiger partial charge in [0, 0.05) is 40.8 Å². The summed E-state index contributed by atoms with van der Waals surface area (Å²) in [6.45, 7) is 4.69. The molecule has 3 heterocycles. The molecule has 2 aliphatic rings. The SMILES string of the molecule is CC1(C)c2ccccc2-c2ccc(-c3cc(-c4cccnc4)cc(C4Nc5c(-c6ccc7ccccc7c6)ccnc5N4c4ccccc4)c3)cc21. The second kappa shape index (κ2) is 11.8. The maximum Gasteiger partial charge on any atom is 0.159 e.